The van der Waals surface area contributed by atoms with E-state index in [0.717, 1.165) is 33.5 Å². The average Bonchev–Trinajstić information content (AvgIpc) is 2.67. The molecule has 3 aromatic carbocycles. The van der Waals surface area contributed by atoms with Crippen LogP contribution < -0.4 is 14.8 Å². The molecule has 126 valence electrons. The Kier molecular flexibility index (Phi) is 4.25. The van der Waals surface area contributed by atoms with E-state index in [1.807, 2.05) is 60.7 Å². The van der Waals surface area contributed by atoms with Gasteiger partial charge in [-0.25, -0.2) is 0 Å². The van der Waals surface area contributed by atoms with Gasteiger partial charge in [-0.05, 0) is 29.0 Å². The number of carbonyl (C=O) groups excluding carboxylic acids is 1. The second-order valence-electron chi connectivity index (χ2n) is 6.02. The van der Waals surface area contributed by atoms with Gasteiger partial charge in [-0.2, -0.15) is 0 Å². The van der Waals surface area contributed by atoms with E-state index in [-0.39, 0.29) is 5.78 Å². The summed E-state index contributed by atoms with van der Waals surface area (Å²) in [5.41, 5.74) is 1.68. The van der Waals surface area contributed by atoms with Crippen molar-refractivity contribution in [1.82, 2.24) is 0 Å². The lowest BCUT2D eigenvalue weighted by Gasteiger charge is -2.19. The number of benzene rings is 3. The van der Waals surface area contributed by atoms with Crippen LogP contribution in [0.3, 0.4) is 0 Å². The maximum absolute atomic E-state index is 12.4. The molecule has 0 amide bonds. The summed E-state index contributed by atoms with van der Waals surface area (Å²) in [6, 6.07) is 19.7. The number of ether oxygens (including phenoxy) is 2. The summed E-state index contributed by atoms with van der Waals surface area (Å²) in [6.07, 6.45) is 0.437. The van der Waals surface area contributed by atoms with Gasteiger partial charge in [-0.1, -0.05) is 36.4 Å². The van der Waals surface area contributed by atoms with Crippen LogP contribution in [0.1, 0.15) is 16.8 Å². The van der Waals surface area contributed by atoms with Crippen molar-refractivity contribution >= 4 is 22.2 Å². The average molecular weight is 333 g/mol. The topological polar surface area (TPSA) is 47.6 Å². The minimum atomic E-state index is 0.135. The van der Waals surface area contributed by atoms with E-state index < -0.39 is 0 Å². The van der Waals surface area contributed by atoms with Crippen molar-refractivity contribution in [1.29, 1.82) is 0 Å². The molecule has 0 saturated heterocycles. The van der Waals surface area contributed by atoms with Crippen molar-refractivity contribution < 1.29 is 14.3 Å². The van der Waals surface area contributed by atoms with Gasteiger partial charge in [-0.3, -0.25) is 4.79 Å². The van der Waals surface area contributed by atoms with Crippen LogP contribution in [-0.4, -0.2) is 25.5 Å². The number of rotatable bonds is 5. The number of nitrogens with one attached hydrogen (secondary N) is 1. The van der Waals surface area contributed by atoms with Crippen molar-refractivity contribution in [3.63, 3.8) is 0 Å². The third kappa shape index (κ3) is 3.43. The van der Waals surface area contributed by atoms with E-state index >= 15 is 0 Å². The number of Topliss-reactive ketones (excluding diaryl/α,β-unsaturated/α-hetero) is 1. The molecular formula is C21H19NO3. The molecule has 0 atom stereocenters. The lowest BCUT2D eigenvalue weighted by molar-refractivity contribution is 0.0986. The second kappa shape index (κ2) is 6.85. The first-order chi connectivity index (χ1) is 12.3. The normalized spacial score (nSPS) is 12.8. The number of fused-ring (bicyclic) bond motifs is 2. The highest BCUT2D eigenvalue weighted by molar-refractivity contribution is 6.00. The van der Waals surface area contributed by atoms with Crippen LogP contribution in [0.25, 0.3) is 10.8 Å². The highest BCUT2D eigenvalue weighted by atomic mass is 16.6. The Hall–Kier alpha value is -3.01. The minimum absolute atomic E-state index is 0.135. The molecule has 1 N–H and O–H groups in total. The van der Waals surface area contributed by atoms with Gasteiger partial charge in [0.1, 0.15) is 13.2 Å². The number of carbonyl (C=O) groups is 1. The van der Waals surface area contributed by atoms with Crippen LogP contribution in [0.2, 0.25) is 0 Å². The molecule has 0 fully saturated rings. The Bertz CT molecular complexity index is 920. The SMILES string of the molecule is O=C(CCNc1ccc2c(c1)OCCO2)c1ccc2ccccc2c1. The summed E-state index contributed by atoms with van der Waals surface area (Å²) < 4.78 is 11.1. The van der Waals surface area contributed by atoms with Crippen LogP contribution in [0.4, 0.5) is 5.69 Å². The van der Waals surface area contributed by atoms with Crippen molar-refractivity contribution in [3.05, 3.63) is 66.2 Å². The third-order valence-electron chi connectivity index (χ3n) is 4.29. The fourth-order valence-corrected chi connectivity index (χ4v) is 2.98. The number of ketones is 1. The Balaban J connectivity index is 1.38. The van der Waals surface area contributed by atoms with Crippen molar-refractivity contribution in [2.24, 2.45) is 0 Å². The zero-order chi connectivity index (χ0) is 17.1. The van der Waals surface area contributed by atoms with E-state index in [4.69, 9.17) is 9.47 Å². The van der Waals surface area contributed by atoms with Crippen LogP contribution in [0.5, 0.6) is 11.5 Å². The van der Waals surface area contributed by atoms with Crippen LogP contribution in [0.15, 0.2) is 60.7 Å². The van der Waals surface area contributed by atoms with Crippen LogP contribution in [0, 0.1) is 0 Å². The Morgan fingerprint density at radius 2 is 1.68 bits per heavy atom. The monoisotopic (exact) mass is 333 g/mol. The molecule has 0 unspecified atom stereocenters. The highest BCUT2D eigenvalue weighted by Crippen LogP contribution is 2.32. The lowest BCUT2D eigenvalue weighted by atomic mass is 10.0. The first-order valence-electron chi connectivity index (χ1n) is 8.45. The zero-order valence-corrected chi connectivity index (χ0v) is 13.8. The summed E-state index contributed by atoms with van der Waals surface area (Å²) in [6.45, 7) is 1.72. The molecule has 0 aromatic heterocycles. The van der Waals surface area contributed by atoms with Gasteiger partial charge in [0.2, 0.25) is 0 Å². The van der Waals surface area contributed by atoms with Gasteiger partial charge in [0.15, 0.2) is 17.3 Å². The predicted molar refractivity (Wildman–Crippen MR) is 98.8 cm³/mol. The summed E-state index contributed by atoms with van der Waals surface area (Å²) >= 11 is 0. The zero-order valence-electron chi connectivity index (χ0n) is 13.8. The molecule has 0 bridgehead atoms. The first kappa shape index (κ1) is 15.5. The minimum Gasteiger partial charge on any atom is -0.486 e. The van der Waals surface area contributed by atoms with E-state index in [0.29, 0.717) is 26.2 Å². The summed E-state index contributed by atoms with van der Waals surface area (Å²) in [7, 11) is 0. The Morgan fingerprint density at radius 1 is 0.880 bits per heavy atom. The molecule has 0 radical (unpaired) electrons. The molecule has 3 aromatic rings. The quantitative estimate of drug-likeness (QED) is 0.707. The molecule has 1 aliphatic rings. The molecule has 0 spiro atoms. The Labute approximate surface area is 146 Å². The van der Waals surface area contributed by atoms with Crippen LogP contribution >= 0.6 is 0 Å². The molecule has 1 heterocycles. The lowest BCUT2D eigenvalue weighted by Crippen LogP contribution is -2.15. The molecular weight excluding hydrogens is 314 g/mol. The van der Waals surface area contributed by atoms with E-state index in [9.17, 15) is 4.79 Å². The van der Waals surface area contributed by atoms with E-state index in [2.05, 4.69) is 5.32 Å². The molecule has 4 heteroatoms. The standard InChI is InChI=1S/C21H19NO3/c23-19(17-6-5-15-3-1-2-4-16(15)13-17)9-10-22-18-7-8-20-21(14-18)25-12-11-24-20/h1-8,13-14,22H,9-12H2. The first-order valence-corrected chi connectivity index (χ1v) is 8.45. The van der Waals surface area contributed by atoms with Crippen molar-refractivity contribution in [3.8, 4) is 11.5 Å². The van der Waals surface area contributed by atoms with Gasteiger partial charge >= 0.3 is 0 Å². The van der Waals surface area contributed by atoms with Gasteiger partial charge in [0.05, 0.1) is 0 Å². The molecule has 4 nitrogen and oxygen atoms in total. The fourth-order valence-electron chi connectivity index (χ4n) is 2.98. The molecule has 0 saturated carbocycles. The third-order valence-corrected chi connectivity index (χ3v) is 4.29. The largest absolute Gasteiger partial charge is 0.486 e. The van der Waals surface area contributed by atoms with Gasteiger partial charge in [0, 0.05) is 30.3 Å². The van der Waals surface area contributed by atoms with Gasteiger partial charge < -0.3 is 14.8 Å². The molecule has 1 aliphatic heterocycles. The molecule has 0 aliphatic carbocycles. The maximum Gasteiger partial charge on any atom is 0.164 e. The van der Waals surface area contributed by atoms with E-state index in [1.54, 1.807) is 0 Å². The molecule has 4 rings (SSSR count). The van der Waals surface area contributed by atoms with E-state index in [1.165, 1.54) is 0 Å². The fraction of sp³-hybridized carbons (Fsp3) is 0.190. The highest BCUT2D eigenvalue weighted by Gasteiger charge is 2.12. The predicted octanol–water partition coefficient (Wildman–Crippen LogP) is 4.30. The maximum atomic E-state index is 12.4. The number of hydrogen-bond acceptors (Lipinski definition) is 4. The number of hydrogen-bond donors (Lipinski definition) is 1. The van der Waals surface area contributed by atoms with Gasteiger partial charge in [0.25, 0.3) is 0 Å². The summed E-state index contributed by atoms with van der Waals surface area (Å²) in [4.78, 5) is 12.4. The summed E-state index contributed by atoms with van der Waals surface area (Å²) in [5.74, 6) is 1.65. The number of anilines is 1. The summed E-state index contributed by atoms with van der Waals surface area (Å²) in [5, 5.41) is 5.51. The van der Waals surface area contributed by atoms with Crippen molar-refractivity contribution in [2.45, 2.75) is 6.42 Å². The Morgan fingerprint density at radius 3 is 2.56 bits per heavy atom. The van der Waals surface area contributed by atoms with Crippen molar-refractivity contribution in [2.75, 3.05) is 25.1 Å². The smallest absolute Gasteiger partial charge is 0.164 e. The van der Waals surface area contributed by atoms with Crippen LogP contribution in [-0.2, 0) is 0 Å². The van der Waals surface area contributed by atoms with Gasteiger partial charge in [-0.15, -0.1) is 0 Å². The second-order valence-corrected chi connectivity index (χ2v) is 6.02. The molecule has 25 heavy (non-hydrogen) atoms.